The molecule has 0 amide bonds. The van der Waals surface area contributed by atoms with Crippen molar-refractivity contribution in [1.29, 1.82) is 0 Å². The predicted octanol–water partition coefficient (Wildman–Crippen LogP) is 1.07. The number of carbonyl (C=O) groups excluding carboxylic acids is 1. The molecule has 0 spiro atoms. The fourth-order valence-electron chi connectivity index (χ4n) is 3.23. The van der Waals surface area contributed by atoms with Gasteiger partial charge in [-0.2, -0.15) is 0 Å². The largest absolute Gasteiger partial charge is 0.462 e. The van der Waals surface area contributed by atoms with Crippen LogP contribution in [0, 0.1) is 10.1 Å². The minimum atomic E-state index is -1.74. The van der Waals surface area contributed by atoms with E-state index < -0.39 is 47.5 Å². The number of ether oxygens (including phenoxy) is 2. The van der Waals surface area contributed by atoms with Gasteiger partial charge in [0.1, 0.15) is 30.2 Å². The maximum atomic E-state index is 12.5. The molecule has 0 saturated carbocycles. The van der Waals surface area contributed by atoms with Gasteiger partial charge in [-0.15, -0.1) is 0 Å². The van der Waals surface area contributed by atoms with Crippen LogP contribution in [0.4, 0.5) is 5.69 Å². The number of aliphatic hydroxyl groups is 4. The first kappa shape index (κ1) is 24.2. The van der Waals surface area contributed by atoms with Crippen LogP contribution >= 0.6 is 0 Å². The van der Waals surface area contributed by atoms with Crippen LogP contribution in [0.15, 0.2) is 24.3 Å². The molecule has 0 aliphatic carbocycles. The Hall–Kier alpha value is -2.11. The fraction of sp³-hybridized carbons (Fsp3) is 0.650. The number of hydrogen-bond acceptors (Lipinski definition) is 9. The number of ketones is 1. The van der Waals surface area contributed by atoms with Gasteiger partial charge in [0.05, 0.1) is 4.92 Å². The number of nitro groups is 1. The van der Waals surface area contributed by atoms with E-state index in [1.165, 1.54) is 24.3 Å². The summed E-state index contributed by atoms with van der Waals surface area (Å²) in [7, 11) is 0. The van der Waals surface area contributed by atoms with Crippen LogP contribution in [0.5, 0.6) is 5.75 Å². The SMILES string of the molecule is CCCCCCCC(O)C(=O)[C@H]1O[C@H](Oc2ccc([N+](=O)[O-])cc2)[C@H](O)[C@@H](O)[C@@H]1O. The number of non-ortho nitro benzene ring substituents is 1. The molecule has 10 nitrogen and oxygen atoms in total. The van der Waals surface area contributed by atoms with E-state index in [2.05, 4.69) is 6.92 Å². The molecule has 1 aromatic carbocycles. The van der Waals surface area contributed by atoms with Gasteiger partial charge in [0, 0.05) is 12.1 Å². The zero-order valence-electron chi connectivity index (χ0n) is 16.8. The quantitative estimate of drug-likeness (QED) is 0.230. The highest BCUT2D eigenvalue weighted by Crippen LogP contribution is 2.27. The molecule has 1 aliphatic heterocycles. The van der Waals surface area contributed by atoms with Crippen LogP contribution in [-0.4, -0.2) is 67.9 Å². The summed E-state index contributed by atoms with van der Waals surface area (Å²) in [5, 5.41) is 51.3. The van der Waals surface area contributed by atoms with Gasteiger partial charge in [0.2, 0.25) is 6.29 Å². The van der Waals surface area contributed by atoms with Crippen molar-refractivity contribution < 1.29 is 39.6 Å². The Labute approximate surface area is 174 Å². The smallest absolute Gasteiger partial charge is 0.269 e. The third-order valence-corrected chi connectivity index (χ3v) is 5.06. The zero-order chi connectivity index (χ0) is 22.3. The Kier molecular flexibility index (Phi) is 9.12. The molecule has 1 saturated heterocycles. The van der Waals surface area contributed by atoms with Gasteiger partial charge in [0.25, 0.3) is 5.69 Å². The molecule has 0 bridgehead atoms. The van der Waals surface area contributed by atoms with E-state index in [1.54, 1.807) is 0 Å². The van der Waals surface area contributed by atoms with Crippen molar-refractivity contribution in [2.45, 2.75) is 82.3 Å². The third kappa shape index (κ3) is 6.19. The van der Waals surface area contributed by atoms with Gasteiger partial charge in [-0.3, -0.25) is 14.9 Å². The van der Waals surface area contributed by atoms with Gasteiger partial charge in [-0.05, 0) is 18.6 Å². The molecule has 0 radical (unpaired) electrons. The molecule has 1 unspecified atom stereocenters. The first-order chi connectivity index (χ1) is 14.3. The number of benzene rings is 1. The van der Waals surface area contributed by atoms with Crippen molar-refractivity contribution in [3.8, 4) is 5.75 Å². The second-order valence-electron chi connectivity index (χ2n) is 7.39. The Balaban J connectivity index is 2.00. The number of hydrogen-bond donors (Lipinski definition) is 4. The van der Waals surface area contributed by atoms with E-state index in [9.17, 15) is 35.3 Å². The minimum Gasteiger partial charge on any atom is -0.462 e. The second-order valence-corrected chi connectivity index (χ2v) is 7.39. The fourth-order valence-corrected chi connectivity index (χ4v) is 3.23. The van der Waals surface area contributed by atoms with Crippen LogP contribution in [-0.2, 0) is 9.53 Å². The maximum absolute atomic E-state index is 12.5. The molecule has 1 aromatic rings. The Morgan fingerprint density at radius 3 is 2.33 bits per heavy atom. The van der Waals surface area contributed by atoms with Crippen molar-refractivity contribution in [2.75, 3.05) is 0 Å². The summed E-state index contributed by atoms with van der Waals surface area (Å²) in [6, 6.07) is 4.91. The number of nitrogens with zero attached hydrogens (tertiary/aromatic N) is 1. The van der Waals surface area contributed by atoms with E-state index in [1.807, 2.05) is 0 Å². The van der Waals surface area contributed by atoms with Crippen LogP contribution in [0.1, 0.15) is 45.4 Å². The van der Waals surface area contributed by atoms with Gasteiger partial charge in [0.15, 0.2) is 11.9 Å². The molecule has 6 atom stereocenters. The first-order valence-corrected chi connectivity index (χ1v) is 10.1. The normalized spacial score (nSPS) is 27.4. The van der Waals surface area contributed by atoms with E-state index in [-0.39, 0.29) is 17.9 Å². The number of aliphatic hydroxyl groups excluding tert-OH is 4. The minimum absolute atomic E-state index is 0.0934. The highest BCUT2D eigenvalue weighted by molar-refractivity contribution is 5.88. The van der Waals surface area contributed by atoms with Crippen LogP contribution in [0.3, 0.4) is 0 Å². The van der Waals surface area contributed by atoms with Crippen LogP contribution in [0.2, 0.25) is 0 Å². The maximum Gasteiger partial charge on any atom is 0.269 e. The molecule has 1 aliphatic rings. The summed E-state index contributed by atoms with van der Waals surface area (Å²) in [6.45, 7) is 2.08. The summed E-state index contributed by atoms with van der Waals surface area (Å²) in [5.74, 6) is -0.711. The van der Waals surface area contributed by atoms with Crippen molar-refractivity contribution in [3.63, 3.8) is 0 Å². The molecule has 2 rings (SSSR count). The van der Waals surface area contributed by atoms with Gasteiger partial charge >= 0.3 is 0 Å². The van der Waals surface area contributed by atoms with Crippen molar-refractivity contribution in [2.24, 2.45) is 0 Å². The summed E-state index contributed by atoms with van der Waals surface area (Å²) in [6.07, 6.45) is -4.82. The summed E-state index contributed by atoms with van der Waals surface area (Å²) in [5.41, 5.74) is -0.168. The zero-order valence-corrected chi connectivity index (χ0v) is 16.8. The highest BCUT2D eigenvalue weighted by atomic mass is 16.7. The average Bonchev–Trinajstić information content (AvgIpc) is 2.73. The number of unbranched alkanes of at least 4 members (excludes halogenated alkanes) is 4. The Bertz CT molecular complexity index is 696. The standard InChI is InChI=1S/C20H29NO9/c1-2-3-4-5-6-7-14(22)15(23)19-17(25)16(24)18(26)20(30-19)29-13-10-8-12(9-11-13)21(27)28/h8-11,14,16-20,22,24-26H,2-7H2,1H3/t14?,16-,17-,18+,19+,20-/m0/s1. The molecule has 1 fully saturated rings. The molecule has 10 heteroatoms. The molecule has 30 heavy (non-hydrogen) atoms. The van der Waals surface area contributed by atoms with E-state index in [4.69, 9.17) is 9.47 Å². The molecular weight excluding hydrogens is 398 g/mol. The molecule has 1 heterocycles. The van der Waals surface area contributed by atoms with Crippen molar-refractivity contribution in [1.82, 2.24) is 0 Å². The number of carbonyl (C=O) groups is 1. The monoisotopic (exact) mass is 427 g/mol. The Morgan fingerprint density at radius 2 is 1.73 bits per heavy atom. The lowest BCUT2D eigenvalue weighted by Gasteiger charge is -2.40. The lowest BCUT2D eigenvalue weighted by molar-refractivity contribution is -0.384. The lowest BCUT2D eigenvalue weighted by Crippen LogP contribution is -2.62. The predicted molar refractivity (Wildman–Crippen MR) is 105 cm³/mol. The number of Topliss-reactive ketones (excluding diaryl/α,β-unsaturated/α-hetero) is 1. The number of nitro benzene ring substituents is 1. The van der Waals surface area contributed by atoms with Gasteiger partial charge < -0.3 is 29.9 Å². The summed E-state index contributed by atoms with van der Waals surface area (Å²) < 4.78 is 10.8. The Morgan fingerprint density at radius 1 is 1.10 bits per heavy atom. The first-order valence-electron chi connectivity index (χ1n) is 10.1. The number of rotatable bonds is 11. The van der Waals surface area contributed by atoms with E-state index in [0.29, 0.717) is 6.42 Å². The van der Waals surface area contributed by atoms with E-state index >= 15 is 0 Å². The average molecular weight is 427 g/mol. The third-order valence-electron chi connectivity index (χ3n) is 5.06. The molecule has 168 valence electrons. The second kappa shape index (κ2) is 11.3. The lowest BCUT2D eigenvalue weighted by atomic mass is 9.92. The summed E-state index contributed by atoms with van der Waals surface area (Å²) in [4.78, 5) is 22.7. The summed E-state index contributed by atoms with van der Waals surface area (Å²) >= 11 is 0. The molecular formula is C20H29NO9. The molecule has 4 N–H and O–H groups in total. The highest BCUT2D eigenvalue weighted by Gasteiger charge is 2.48. The van der Waals surface area contributed by atoms with Crippen molar-refractivity contribution >= 4 is 11.5 Å². The van der Waals surface area contributed by atoms with Crippen LogP contribution in [0.25, 0.3) is 0 Å². The van der Waals surface area contributed by atoms with Crippen LogP contribution < -0.4 is 4.74 Å². The molecule has 0 aromatic heterocycles. The van der Waals surface area contributed by atoms with Crippen molar-refractivity contribution in [3.05, 3.63) is 34.4 Å². The van der Waals surface area contributed by atoms with Gasteiger partial charge in [-0.1, -0.05) is 39.0 Å². The van der Waals surface area contributed by atoms with E-state index in [0.717, 1.165) is 25.7 Å². The van der Waals surface area contributed by atoms with Gasteiger partial charge in [-0.25, -0.2) is 0 Å². The topological polar surface area (TPSA) is 160 Å².